The lowest BCUT2D eigenvalue weighted by Gasteiger charge is -2.18. The van der Waals surface area contributed by atoms with Crippen molar-refractivity contribution in [2.24, 2.45) is 0 Å². The minimum absolute atomic E-state index is 0.0502. The molecule has 1 aliphatic rings. The highest BCUT2D eigenvalue weighted by atomic mass is 32.2. The number of carboxylic acid groups (broad SMARTS) is 1. The summed E-state index contributed by atoms with van der Waals surface area (Å²) in [5.74, 6) is -0.684. The molecule has 27 heavy (non-hydrogen) atoms. The molecule has 0 atom stereocenters. The fourth-order valence-electron chi connectivity index (χ4n) is 3.09. The van der Waals surface area contributed by atoms with Crippen LogP contribution in [0.1, 0.15) is 44.2 Å². The molecule has 1 amide bonds. The van der Waals surface area contributed by atoms with Gasteiger partial charge in [-0.2, -0.15) is 0 Å². The van der Waals surface area contributed by atoms with Crippen LogP contribution >= 0.6 is 0 Å². The molecule has 0 spiro atoms. The van der Waals surface area contributed by atoms with Gasteiger partial charge in [-0.05, 0) is 50.1 Å². The monoisotopic (exact) mass is 392 g/mol. The Labute approximate surface area is 156 Å². The summed E-state index contributed by atoms with van der Waals surface area (Å²) in [5, 5.41) is 11.7. The average molecular weight is 392 g/mol. The second-order valence-electron chi connectivity index (χ2n) is 6.41. The standard InChI is InChI=1S/C18H20N2O6S/c1-11-8-13(20-6-3-7-27(20,24)25)4-5-15(11)17(21)19-10-14-9-16(18(22)23)12(2)26-14/h4-5,8-9H,3,6-7,10H2,1-2H3,(H,19,21)(H,22,23). The molecule has 1 aliphatic heterocycles. The van der Waals surface area contributed by atoms with Crippen molar-refractivity contribution >= 4 is 27.6 Å². The van der Waals surface area contributed by atoms with Crippen LogP contribution in [0.2, 0.25) is 0 Å². The molecular formula is C18H20N2O6S. The predicted molar refractivity (Wildman–Crippen MR) is 98.5 cm³/mol. The molecule has 0 saturated carbocycles. The third-order valence-corrected chi connectivity index (χ3v) is 6.33. The number of amides is 1. The van der Waals surface area contributed by atoms with E-state index in [9.17, 15) is 18.0 Å². The number of aryl methyl sites for hydroxylation is 2. The number of hydrogen-bond donors (Lipinski definition) is 2. The third kappa shape index (κ3) is 3.82. The number of furan rings is 1. The first-order valence-electron chi connectivity index (χ1n) is 8.41. The largest absolute Gasteiger partial charge is 0.478 e. The van der Waals surface area contributed by atoms with Crippen molar-refractivity contribution in [2.45, 2.75) is 26.8 Å². The van der Waals surface area contributed by atoms with E-state index in [2.05, 4.69) is 5.32 Å². The summed E-state index contributed by atoms with van der Waals surface area (Å²) in [5.41, 5.74) is 1.67. The van der Waals surface area contributed by atoms with E-state index >= 15 is 0 Å². The van der Waals surface area contributed by atoms with Crippen molar-refractivity contribution in [1.82, 2.24) is 5.32 Å². The van der Waals surface area contributed by atoms with E-state index < -0.39 is 16.0 Å². The topological polar surface area (TPSA) is 117 Å². The molecule has 0 radical (unpaired) electrons. The van der Waals surface area contributed by atoms with Crippen LogP contribution in [0.5, 0.6) is 0 Å². The molecule has 2 N–H and O–H groups in total. The van der Waals surface area contributed by atoms with Gasteiger partial charge in [-0.3, -0.25) is 9.10 Å². The van der Waals surface area contributed by atoms with E-state index in [4.69, 9.17) is 9.52 Å². The van der Waals surface area contributed by atoms with Crippen molar-refractivity contribution < 1.29 is 27.5 Å². The highest BCUT2D eigenvalue weighted by molar-refractivity contribution is 7.93. The number of nitrogens with zero attached hydrogens (tertiary/aromatic N) is 1. The highest BCUT2D eigenvalue weighted by Gasteiger charge is 2.28. The van der Waals surface area contributed by atoms with Crippen molar-refractivity contribution in [2.75, 3.05) is 16.6 Å². The van der Waals surface area contributed by atoms with Gasteiger partial charge in [-0.25, -0.2) is 13.2 Å². The molecule has 1 saturated heterocycles. The maximum atomic E-state index is 12.4. The number of sulfonamides is 1. The Morgan fingerprint density at radius 2 is 1.96 bits per heavy atom. The van der Waals surface area contributed by atoms with E-state index in [1.165, 1.54) is 10.4 Å². The van der Waals surface area contributed by atoms with Gasteiger partial charge in [-0.1, -0.05) is 0 Å². The highest BCUT2D eigenvalue weighted by Crippen LogP contribution is 2.26. The summed E-state index contributed by atoms with van der Waals surface area (Å²) in [6.07, 6.45) is 0.588. The number of carbonyl (C=O) groups excluding carboxylic acids is 1. The molecule has 9 heteroatoms. The molecule has 1 aromatic carbocycles. The number of nitrogens with one attached hydrogen (secondary N) is 1. The average Bonchev–Trinajstić information content (AvgIpc) is 3.14. The quantitative estimate of drug-likeness (QED) is 0.804. The fourth-order valence-corrected chi connectivity index (χ4v) is 4.65. The summed E-state index contributed by atoms with van der Waals surface area (Å²) in [6, 6.07) is 6.26. The van der Waals surface area contributed by atoms with Crippen molar-refractivity contribution in [3.63, 3.8) is 0 Å². The van der Waals surface area contributed by atoms with E-state index in [1.807, 2.05) is 0 Å². The number of carboxylic acids is 1. The number of aromatic carboxylic acids is 1. The second kappa shape index (κ2) is 7.07. The lowest BCUT2D eigenvalue weighted by atomic mass is 10.1. The van der Waals surface area contributed by atoms with Crippen LogP contribution in [-0.2, 0) is 16.6 Å². The normalized spacial score (nSPS) is 15.7. The first kappa shape index (κ1) is 19.0. The summed E-state index contributed by atoms with van der Waals surface area (Å²) in [7, 11) is -3.27. The van der Waals surface area contributed by atoms with Gasteiger partial charge in [0.05, 0.1) is 18.0 Å². The smallest absolute Gasteiger partial charge is 0.339 e. The molecule has 2 aromatic rings. The van der Waals surface area contributed by atoms with Gasteiger partial charge in [0.25, 0.3) is 5.91 Å². The molecular weight excluding hydrogens is 372 g/mol. The van der Waals surface area contributed by atoms with Crippen LogP contribution < -0.4 is 9.62 Å². The third-order valence-electron chi connectivity index (χ3n) is 4.46. The summed E-state index contributed by atoms with van der Waals surface area (Å²) in [6.45, 7) is 3.77. The molecule has 0 bridgehead atoms. The van der Waals surface area contributed by atoms with Gasteiger partial charge < -0.3 is 14.8 Å². The molecule has 0 unspecified atom stereocenters. The van der Waals surface area contributed by atoms with E-state index in [1.54, 1.807) is 32.0 Å². The Hall–Kier alpha value is -2.81. The first-order chi connectivity index (χ1) is 12.7. The lowest BCUT2D eigenvalue weighted by molar-refractivity contribution is 0.0694. The number of carbonyl (C=O) groups is 2. The Bertz CT molecular complexity index is 1010. The molecule has 1 fully saturated rings. The molecule has 0 aliphatic carbocycles. The van der Waals surface area contributed by atoms with E-state index in [0.29, 0.717) is 35.5 Å². The van der Waals surface area contributed by atoms with Gasteiger partial charge >= 0.3 is 5.97 Å². The van der Waals surface area contributed by atoms with Crippen LogP contribution in [0.3, 0.4) is 0 Å². The van der Waals surface area contributed by atoms with Gasteiger partial charge in [-0.15, -0.1) is 0 Å². The van der Waals surface area contributed by atoms with Crippen LogP contribution in [0.25, 0.3) is 0 Å². The Morgan fingerprint density at radius 3 is 2.52 bits per heavy atom. The molecule has 144 valence electrons. The Kier molecular flexibility index (Phi) is 4.97. The summed E-state index contributed by atoms with van der Waals surface area (Å²) >= 11 is 0. The Morgan fingerprint density at radius 1 is 1.22 bits per heavy atom. The predicted octanol–water partition coefficient (Wildman–Crippen LogP) is 2.06. The van der Waals surface area contributed by atoms with Crippen LogP contribution in [0, 0.1) is 13.8 Å². The SMILES string of the molecule is Cc1cc(N2CCCS2(=O)=O)ccc1C(=O)NCc1cc(C(=O)O)c(C)o1. The zero-order valence-electron chi connectivity index (χ0n) is 15.0. The van der Waals surface area contributed by atoms with Gasteiger partial charge in [0.1, 0.15) is 17.1 Å². The van der Waals surface area contributed by atoms with Gasteiger partial charge in [0.15, 0.2) is 0 Å². The van der Waals surface area contributed by atoms with Crippen molar-refractivity contribution in [1.29, 1.82) is 0 Å². The van der Waals surface area contributed by atoms with E-state index in [-0.39, 0.29) is 29.5 Å². The number of rotatable bonds is 5. The molecule has 2 heterocycles. The zero-order chi connectivity index (χ0) is 19.8. The van der Waals surface area contributed by atoms with Gasteiger partial charge in [0.2, 0.25) is 10.0 Å². The van der Waals surface area contributed by atoms with E-state index in [0.717, 1.165) is 0 Å². The van der Waals surface area contributed by atoms with Crippen molar-refractivity contribution in [3.8, 4) is 0 Å². The zero-order valence-corrected chi connectivity index (χ0v) is 15.8. The molecule has 3 rings (SSSR count). The summed E-state index contributed by atoms with van der Waals surface area (Å²) in [4.78, 5) is 23.5. The van der Waals surface area contributed by atoms with Crippen LogP contribution in [-0.4, -0.2) is 37.7 Å². The maximum Gasteiger partial charge on any atom is 0.339 e. The first-order valence-corrected chi connectivity index (χ1v) is 10.0. The molecule has 1 aromatic heterocycles. The fraction of sp³-hybridized carbons (Fsp3) is 0.333. The van der Waals surface area contributed by atoms with Crippen molar-refractivity contribution in [3.05, 3.63) is 52.5 Å². The lowest BCUT2D eigenvalue weighted by Crippen LogP contribution is -2.26. The number of anilines is 1. The van der Waals surface area contributed by atoms with Gasteiger partial charge in [0, 0.05) is 12.1 Å². The minimum atomic E-state index is -3.27. The minimum Gasteiger partial charge on any atom is -0.478 e. The number of benzene rings is 1. The molecule has 8 nitrogen and oxygen atoms in total. The summed E-state index contributed by atoms with van der Waals surface area (Å²) < 4.78 is 30.7. The Balaban J connectivity index is 1.72. The maximum absolute atomic E-state index is 12.4. The second-order valence-corrected chi connectivity index (χ2v) is 8.42. The van der Waals surface area contributed by atoms with Crippen LogP contribution in [0.15, 0.2) is 28.7 Å². The number of hydrogen-bond acceptors (Lipinski definition) is 5. The van der Waals surface area contributed by atoms with Crippen LogP contribution in [0.4, 0.5) is 5.69 Å².